The first-order valence-corrected chi connectivity index (χ1v) is 9.86. The molecule has 2 amide bonds. The van der Waals surface area contributed by atoms with Crippen LogP contribution in [-0.2, 0) is 16.1 Å². The lowest BCUT2D eigenvalue weighted by atomic mass is 10.1. The number of hydrogen-bond acceptors (Lipinski definition) is 3. The molecule has 0 saturated heterocycles. The molecule has 0 bridgehead atoms. The molecule has 28 heavy (non-hydrogen) atoms. The number of rotatable bonds is 9. The van der Waals surface area contributed by atoms with E-state index in [4.69, 9.17) is 27.9 Å². The van der Waals surface area contributed by atoms with Crippen molar-refractivity contribution >= 4 is 35.0 Å². The standard InChI is InChI=1S/C21H24Cl2N2O3/c1-3-11-24-21(27)15(2)25(13-16-7-9-17(22)10-8-16)20(26)14-28-19-6-4-5-18(23)12-19/h4-10,12,15H,3,11,13-14H2,1-2H3,(H,24,27). The van der Waals surface area contributed by atoms with E-state index in [-0.39, 0.29) is 25.0 Å². The number of benzene rings is 2. The van der Waals surface area contributed by atoms with Gasteiger partial charge in [0.25, 0.3) is 5.91 Å². The number of carbonyl (C=O) groups excluding carboxylic acids is 2. The van der Waals surface area contributed by atoms with Crippen LogP contribution >= 0.6 is 23.2 Å². The van der Waals surface area contributed by atoms with E-state index in [9.17, 15) is 9.59 Å². The van der Waals surface area contributed by atoms with Gasteiger partial charge in [-0.15, -0.1) is 0 Å². The van der Waals surface area contributed by atoms with Gasteiger partial charge in [0, 0.05) is 23.1 Å². The van der Waals surface area contributed by atoms with Crippen molar-refractivity contribution in [2.75, 3.05) is 13.2 Å². The average molecular weight is 423 g/mol. The van der Waals surface area contributed by atoms with Crippen LogP contribution < -0.4 is 10.1 Å². The Morgan fingerprint density at radius 1 is 1.11 bits per heavy atom. The van der Waals surface area contributed by atoms with Gasteiger partial charge in [-0.25, -0.2) is 0 Å². The zero-order chi connectivity index (χ0) is 20.5. The Labute approximate surface area is 175 Å². The van der Waals surface area contributed by atoms with Gasteiger partial charge < -0.3 is 15.0 Å². The Morgan fingerprint density at radius 2 is 1.82 bits per heavy atom. The lowest BCUT2D eigenvalue weighted by Gasteiger charge is -2.28. The zero-order valence-corrected chi connectivity index (χ0v) is 17.5. The molecule has 0 aliphatic rings. The molecular weight excluding hydrogens is 399 g/mol. The lowest BCUT2D eigenvalue weighted by Crippen LogP contribution is -2.49. The molecule has 0 radical (unpaired) electrons. The molecule has 2 aromatic rings. The third-order valence-corrected chi connectivity index (χ3v) is 4.63. The highest BCUT2D eigenvalue weighted by Crippen LogP contribution is 2.18. The van der Waals surface area contributed by atoms with E-state index in [0.29, 0.717) is 22.3 Å². The van der Waals surface area contributed by atoms with Crippen molar-refractivity contribution in [2.24, 2.45) is 0 Å². The first-order valence-electron chi connectivity index (χ1n) is 9.10. The highest BCUT2D eigenvalue weighted by molar-refractivity contribution is 6.30. The molecule has 7 heteroatoms. The molecule has 1 unspecified atom stereocenters. The third kappa shape index (κ3) is 6.73. The summed E-state index contributed by atoms with van der Waals surface area (Å²) in [5, 5.41) is 3.97. The molecular formula is C21H24Cl2N2O3. The van der Waals surface area contributed by atoms with E-state index in [1.54, 1.807) is 43.3 Å². The smallest absolute Gasteiger partial charge is 0.261 e. The van der Waals surface area contributed by atoms with E-state index in [1.807, 2.05) is 19.1 Å². The fourth-order valence-electron chi connectivity index (χ4n) is 2.55. The Balaban J connectivity index is 2.11. The quantitative estimate of drug-likeness (QED) is 0.654. The van der Waals surface area contributed by atoms with Crippen LogP contribution in [-0.4, -0.2) is 35.9 Å². The zero-order valence-electron chi connectivity index (χ0n) is 16.0. The summed E-state index contributed by atoms with van der Waals surface area (Å²) >= 11 is 11.9. The van der Waals surface area contributed by atoms with Crippen molar-refractivity contribution in [3.05, 3.63) is 64.1 Å². The summed E-state index contributed by atoms with van der Waals surface area (Å²) in [6.07, 6.45) is 0.821. The molecule has 0 heterocycles. The summed E-state index contributed by atoms with van der Waals surface area (Å²) in [4.78, 5) is 26.8. The fourth-order valence-corrected chi connectivity index (χ4v) is 2.86. The second kappa shape index (κ2) is 10.9. The van der Waals surface area contributed by atoms with Crippen molar-refractivity contribution in [3.8, 4) is 5.75 Å². The number of halogens is 2. The summed E-state index contributed by atoms with van der Waals surface area (Å²) in [7, 11) is 0. The maximum Gasteiger partial charge on any atom is 0.261 e. The van der Waals surface area contributed by atoms with Crippen LogP contribution in [0.2, 0.25) is 10.0 Å². The van der Waals surface area contributed by atoms with Crippen LogP contribution in [0.3, 0.4) is 0 Å². The van der Waals surface area contributed by atoms with Crippen LogP contribution in [0.5, 0.6) is 5.75 Å². The Hall–Kier alpha value is -2.24. The van der Waals surface area contributed by atoms with Gasteiger partial charge in [0.05, 0.1) is 0 Å². The van der Waals surface area contributed by atoms with Crippen molar-refractivity contribution in [2.45, 2.75) is 32.9 Å². The maximum absolute atomic E-state index is 12.9. The van der Waals surface area contributed by atoms with Crippen LogP contribution in [0, 0.1) is 0 Å². The first-order chi connectivity index (χ1) is 13.4. The SMILES string of the molecule is CCCNC(=O)C(C)N(Cc1ccc(Cl)cc1)C(=O)COc1cccc(Cl)c1. The second-order valence-electron chi connectivity index (χ2n) is 6.36. The number of nitrogens with one attached hydrogen (secondary N) is 1. The van der Waals surface area contributed by atoms with Gasteiger partial charge in [-0.3, -0.25) is 9.59 Å². The molecule has 5 nitrogen and oxygen atoms in total. The molecule has 0 aliphatic carbocycles. The average Bonchev–Trinajstić information content (AvgIpc) is 2.69. The topological polar surface area (TPSA) is 58.6 Å². The van der Waals surface area contributed by atoms with E-state index in [0.717, 1.165) is 12.0 Å². The molecule has 0 fully saturated rings. The number of amides is 2. The van der Waals surface area contributed by atoms with Gasteiger partial charge in [0.15, 0.2) is 6.61 Å². The summed E-state index contributed by atoms with van der Waals surface area (Å²) in [6.45, 7) is 4.32. The summed E-state index contributed by atoms with van der Waals surface area (Å²) < 4.78 is 5.57. The van der Waals surface area contributed by atoms with E-state index < -0.39 is 6.04 Å². The molecule has 1 atom stereocenters. The van der Waals surface area contributed by atoms with Crippen LogP contribution in [0.1, 0.15) is 25.8 Å². The molecule has 2 aromatic carbocycles. The number of nitrogens with zero attached hydrogens (tertiary/aromatic N) is 1. The van der Waals surface area contributed by atoms with Crippen molar-refractivity contribution < 1.29 is 14.3 Å². The lowest BCUT2D eigenvalue weighted by molar-refractivity contribution is -0.142. The van der Waals surface area contributed by atoms with Gasteiger partial charge in [-0.2, -0.15) is 0 Å². The number of ether oxygens (including phenoxy) is 1. The Morgan fingerprint density at radius 3 is 2.46 bits per heavy atom. The van der Waals surface area contributed by atoms with E-state index >= 15 is 0 Å². The Kier molecular flexibility index (Phi) is 8.61. The maximum atomic E-state index is 12.9. The highest BCUT2D eigenvalue weighted by Gasteiger charge is 2.26. The largest absolute Gasteiger partial charge is 0.484 e. The van der Waals surface area contributed by atoms with E-state index in [1.165, 1.54) is 4.90 Å². The number of carbonyl (C=O) groups is 2. The molecule has 1 N–H and O–H groups in total. The minimum atomic E-state index is -0.641. The van der Waals surface area contributed by atoms with Crippen molar-refractivity contribution in [1.29, 1.82) is 0 Å². The first kappa shape index (κ1) is 22.1. The van der Waals surface area contributed by atoms with Gasteiger partial charge in [0.1, 0.15) is 11.8 Å². The van der Waals surface area contributed by atoms with Crippen molar-refractivity contribution in [3.63, 3.8) is 0 Å². The molecule has 0 spiro atoms. The van der Waals surface area contributed by atoms with Crippen molar-refractivity contribution in [1.82, 2.24) is 10.2 Å². The van der Waals surface area contributed by atoms with Gasteiger partial charge >= 0.3 is 0 Å². The second-order valence-corrected chi connectivity index (χ2v) is 7.23. The molecule has 0 aromatic heterocycles. The molecule has 150 valence electrons. The predicted molar refractivity (Wildman–Crippen MR) is 112 cm³/mol. The molecule has 0 aliphatic heterocycles. The summed E-state index contributed by atoms with van der Waals surface area (Å²) in [6, 6.07) is 13.4. The van der Waals surface area contributed by atoms with Gasteiger partial charge in [-0.1, -0.05) is 48.3 Å². The van der Waals surface area contributed by atoms with Gasteiger partial charge in [0.2, 0.25) is 5.91 Å². The van der Waals surface area contributed by atoms with Crippen LogP contribution in [0.4, 0.5) is 0 Å². The van der Waals surface area contributed by atoms with Crippen LogP contribution in [0.25, 0.3) is 0 Å². The van der Waals surface area contributed by atoms with E-state index in [2.05, 4.69) is 5.32 Å². The minimum Gasteiger partial charge on any atom is -0.484 e. The Bertz CT molecular complexity index is 796. The van der Waals surface area contributed by atoms with Gasteiger partial charge in [-0.05, 0) is 49.2 Å². The highest BCUT2D eigenvalue weighted by atomic mass is 35.5. The molecule has 0 saturated carbocycles. The predicted octanol–water partition coefficient (Wildman–Crippen LogP) is 4.32. The molecule has 2 rings (SSSR count). The monoisotopic (exact) mass is 422 g/mol. The summed E-state index contributed by atoms with van der Waals surface area (Å²) in [5.74, 6) is -0.00336. The van der Waals surface area contributed by atoms with Crippen LogP contribution in [0.15, 0.2) is 48.5 Å². The minimum absolute atomic E-state index is 0.195. The normalized spacial score (nSPS) is 11.6. The fraction of sp³-hybridized carbons (Fsp3) is 0.333. The third-order valence-electron chi connectivity index (χ3n) is 4.14. The summed E-state index contributed by atoms with van der Waals surface area (Å²) in [5.41, 5.74) is 0.871. The number of hydrogen-bond donors (Lipinski definition) is 1.